The van der Waals surface area contributed by atoms with Crippen LogP contribution in [0.5, 0.6) is 0 Å². The Hall–Kier alpha value is -1.79. The summed E-state index contributed by atoms with van der Waals surface area (Å²) in [5.41, 5.74) is 2.77. The Kier molecular flexibility index (Phi) is 4.93. The van der Waals surface area contributed by atoms with Gasteiger partial charge in [-0.1, -0.05) is 18.2 Å². The molecule has 0 fully saturated rings. The molecule has 0 bridgehead atoms. The molecule has 22 heavy (non-hydrogen) atoms. The van der Waals surface area contributed by atoms with Gasteiger partial charge in [0.1, 0.15) is 0 Å². The molecule has 0 heterocycles. The average molecular weight is 335 g/mol. The number of benzene rings is 2. The molecule has 0 amide bonds. The Balaban J connectivity index is 2.36. The van der Waals surface area contributed by atoms with E-state index in [4.69, 9.17) is 0 Å². The quantitative estimate of drug-likeness (QED) is 0.651. The number of carbonyl (C=O) groups excluding carboxylic acids is 1. The van der Waals surface area contributed by atoms with Gasteiger partial charge in [-0.3, -0.25) is 9.52 Å². The van der Waals surface area contributed by atoms with E-state index in [-0.39, 0.29) is 16.4 Å². The maximum atomic E-state index is 12.4. The monoisotopic (exact) mass is 335 g/mol. The number of aryl methyl sites for hydroxylation is 2. The van der Waals surface area contributed by atoms with Crippen molar-refractivity contribution in [3.05, 3.63) is 59.2 Å². The summed E-state index contributed by atoms with van der Waals surface area (Å²) in [6, 6.07) is 11.4. The Morgan fingerprint density at radius 3 is 2.32 bits per heavy atom. The minimum absolute atomic E-state index is 0.0357. The van der Waals surface area contributed by atoms with Crippen LogP contribution in [-0.2, 0) is 10.0 Å². The lowest BCUT2D eigenvalue weighted by Crippen LogP contribution is -2.14. The molecular formula is C16H17NO3S2. The molecule has 1 N–H and O–H groups in total. The van der Waals surface area contributed by atoms with Crippen LogP contribution in [0.3, 0.4) is 0 Å². The largest absolute Gasteiger partial charge is 0.293 e. The van der Waals surface area contributed by atoms with Crippen LogP contribution in [-0.4, -0.2) is 20.0 Å². The smallest absolute Gasteiger partial charge is 0.261 e. The van der Waals surface area contributed by atoms with Crippen LogP contribution in [0.4, 0.5) is 5.69 Å². The highest BCUT2D eigenvalue weighted by molar-refractivity contribution is 7.92. The molecule has 4 nitrogen and oxygen atoms in total. The molecule has 0 radical (unpaired) electrons. The lowest BCUT2D eigenvalue weighted by atomic mass is 10.1. The number of hydrogen-bond donors (Lipinski definition) is 2. The second kappa shape index (κ2) is 6.54. The predicted octanol–water partition coefficient (Wildman–Crippen LogP) is 3.22. The first-order chi connectivity index (χ1) is 10.3. The number of hydrogen-bond acceptors (Lipinski definition) is 4. The molecule has 0 aliphatic carbocycles. The second-order valence-electron chi connectivity index (χ2n) is 5.09. The normalized spacial score (nSPS) is 11.2. The first-order valence-electron chi connectivity index (χ1n) is 6.67. The zero-order valence-electron chi connectivity index (χ0n) is 12.3. The topological polar surface area (TPSA) is 63.2 Å². The molecule has 0 saturated heterocycles. The number of sulfonamides is 1. The fourth-order valence-electron chi connectivity index (χ4n) is 2.18. The maximum Gasteiger partial charge on any atom is 0.261 e. The molecule has 116 valence electrons. The SMILES string of the molecule is Cc1cc(C)cc(NS(=O)(=O)c2cccc(C(=O)CS)c2)c1. The summed E-state index contributed by atoms with van der Waals surface area (Å²) in [7, 11) is -3.74. The molecule has 0 unspecified atom stereocenters. The molecule has 2 aromatic carbocycles. The molecule has 6 heteroatoms. The van der Waals surface area contributed by atoms with Crippen molar-refractivity contribution < 1.29 is 13.2 Å². The third kappa shape index (κ3) is 3.90. The van der Waals surface area contributed by atoms with E-state index < -0.39 is 10.0 Å². The lowest BCUT2D eigenvalue weighted by Gasteiger charge is -2.10. The summed E-state index contributed by atoms with van der Waals surface area (Å²) < 4.78 is 27.4. The van der Waals surface area contributed by atoms with Crippen molar-refractivity contribution in [2.75, 3.05) is 10.5 Å². The molecule has 0 spiro atoms. The number of thiol groups is 1. The molecule has 0 aliphatic rings. The van der Waals surface area contributed by atoms with Crippen molar-refractivity contribution in [2.45, 2.75) is 18.7 Å². The van der Waals surface area contributed by atoms with E-state index in [0.29, 0.717) is 11.3 Å². The van der Waals surface area contributed by atoms with Crippen LogP contribution in [0.2, 0.25) is 0 Å². The van der Waals surface area contributed by atoms with E-state index in [0.717, 1.165) is 11.1 Å². The molecule has 0 aliphatic heterocycles. The van der Waals surface area contributed by atoms with Gasteiger partial charge in [0.25, 0.3) is 10.0 Å². The average Bonchev–Trinajstić information content (AvgIpc) is 2.45. The van der Waals surface area contributed by atoms with Crippen molar-refractivity contribution in [1.29, 1.82) is 0 Å². The van der Waals surface area contributed by atoms with E-state index in [2.05, 4.69) is 17.4 Å². The molecule has 2 rings (SSSR count). The lowest BCUT2D eigenvalue weighted by molar-refractivity contribution is 0.102. The van der Waals surface area contributed by atoms with Crippen LogP contribution in [0.1, 0.15) is 21.5 Å². The van der Waals surface area contributed by atoms with E-state index in [1.165, 1.54) is 12.1 Å². The summed E-state index contributed by atoms with van der Waals surface area (Å²) >= 11 is 3.92. The minimum Gasteiger partial charge on any atom is -0.293 e. The Bertz CT molecular complexity index is 794. The van der Waals surface area contributed by atoms with E-state index in [1.807, 2.05) is 19.9 Å². The number of ketones is 1. The minimum atomic E-state index is -3.74. The summed E-state index contributed by atoms with van der Waals surface area (Å²) in [5.74, 6) is -0.180. The zero-order valence-corrected chi connectivity index (χ0v) is 14.0. The fraction of sp³-hybridized carbons (Fsp3) is 0.188. The summed E-state index contributed by atoms with van der Waals surface area (Å²) in [6.45, 7) is 3.80. The fourth-order valence-corrected chi connectivity index (χ4v) is 3.44. The van der Waals surface area contributed by atoms with Gasteiger partial charge in [0.2, 0.25) is 0 Å². The Morgan fingerprint density at radius 2 is 1.73 bits per heavy atom. The number of Topliss-reactive ketones (excluding diaryl/α,β-unsaturated/α-hetero) is 1. The number of rotatable bonds is 5. The van der Waals surface area contributed by atoms with Gasteiger partial charge in [-0.25, -0.2) is 8.42 Å². The van der Waals surface area contributed by atoms with Crippen LogP contribution in [0.25, 0.3) is 0 Å². The van der Waals surface area contributed by atoms with Crippen LogP contribution >= 0.6 is 12.6 Å². The number of nitrogens with one attached hydrogen (secondary N) is 1. The summed E-state index contributed by atoms with van der Waals surface area (Å²) in [4.78, 5) is 11.7. The van der Waals surface area contributed by atoms with Crippen LogP contribution in [0.15, 0.2) is 47.4 Å². The van der Waals surface area contributed by atoms with Crippen molar-refractivity contribution in [2.24, 2.45) is 0 Å². The second-order valence-corrected chi connectivity index (χ2v) is 7.09. The van der Waals surface area contributed by atoms with Gasteiger partial charge in [-0.2, -0.15) is 12.6 Å². The summed E-state index contributed by atoms with van der Waals surface area (Å²) in [6.07, 6.45) is 0. The third-order valence-electron chi connectivity index (χ3n) is 3.08. The zero-order chi connectivity index (χ0) is 16.3. The summed E-state index contributed by atoms with van der Waals surface area (Å²) in [5, 5.41) is 0. The van der Waals surface area contributed by atoms with Crippen molar-refractivity contribution in [1.82, 2.24) is 0 Å². The Labute approximate surface area is 136 Å². The first kappa shape index (κ1) is 16.6. The van der Waals surface area contributed by atoms with Gasteiger partial charge in [0.05, 0.1) is 10.6 Å². The van der Waals surface area contributed by atoms with Gasteiger partial charge < -0.3 is 0 Å². The number of anilines is 1. The molecule has 0 saturated carbocycles. The maximum absolute atomic E-state index is 12.4. The highest BCUT2D eigenvalue weighted by Crippen LogP contribution is 2.20. The molecule has 0 atom stereocenters. The van der Waals surface area contributed by atoms with Gasteiger partial charge in [-0.15, -0.1) is 0 Å². The molecule has 0 aromatic heterocycles. The van der Waals surface area contributed by atoms with E-state index >= 15 is 0 Å². The standard InChI is InChI=1S/C16H17NO3S2/c1-11-6-12(2)8-14(7-11)17-22(19,20)15-5-3-4-13(9-15)16(18)10-21/h3-9,17,21H,10H2,1-2H3. The molecular weight excluding hydrogens is 318 g/mol. The molecule has 2 aromatic rings. The van der Waals surface area contributed by atoms with Crippen molar-refractivity contribution >= 4 is 34.1 Å². The predicted molar refractivity (Wildman–Crippen MR) is 91.4 cm³/mol. The van der Waals surface area contributed by atoms with Gasteiger partial charge in [-0.05, 0) is 49.2 Å². The van der Waals surface area contributed by atoms with Crippen LogP contribution in [0, 0.1) is 13.8 Å². The highest BCUT2D eigenvalue weighted by atomic mass is 32.2. The number of carbonyl (C=O) groups is 1. The van der Waals surface area contributed by atoms with Crippen molar-refractivity contribution in [3.8, 4) is 0 Å². The Morgan fingerprint density at radius 1 is 1.09 bits per heavy atom. The first-order valence-corrected chi connectivity index (χ1v) is 8.78. The van der Waals surface area contributed by atoms with E-state index in [1.54, 1.807) is 24.3 Å². The van der Waals surface area contributed by atoms with Gasteiger partial charge in [0, 0.05) is 11.3 Å². The van der Waals surface area contributed by atoms with Gasteiger partial charge >= 0.3 is 0 Å². The van der Waals surface area contributed by atoms with Gasteiger partial charge in [0.15, 0.2) is 5.78 Å². The van der Waals surface area contributed by atoms with Crippen molar-refractivity contribution in [3.63, 3.8) is 0 Å². The van der Waals surface area contributed by atoms with E-state index in [9.17, 15) is 13.2 Å². The third-order valence-corrected chi connectivity index (χ3v) is 4.75. The highest BCUT2D eigenvalue weighted by Gasteiger charge is 2.16. The van der Waals surface area contributed by atoms with Crippen LogP contribution < -0.4 is 4.72 Å².